The van der Waals surface area contributed by atoms with E-state index in [0.29, 0.717) is 6.04 Å². The molecule has 0 radical (unpaired) electrons. The third kappa shape index (κ3) is 2.71. The summed E-state index contributed by atoms with van der Waals surface area (Å²) in [6.45, 7) is 7.59. The van der Waals surface area contributed by atoms with Gasteiger partial charge in [-0.1, -0.05) is 6.07 Å². The molecule has 1 aromatic rings. The lowest BCUT2D eigenvalue weighted by molar-refractivity contribution is 0.233. The molecule has 1 aliphatic rings. The average Bonchev–Trinajstić information content (AvgIpc) is 2.22. The van der Waals surface area contributed by atoms with Crippen molar-refractivity contribution >= 4 is 5.82 Å². The van der Waals surface area contributed by atoms with Crippen molar-refractivity contribution in [1.82, 2.24) is 16.0 Å². The van der Waals surface area contributed by atoms with Crippen LogP contribution in [0.4, 0.5) is 5.82 Å². The van der Waals surface area contributed by atoms with E-state index in [-0.39, 0.29) is 6.15 Å². The molecule has 2 heterocycles. The quantitative estimate of drug-likeness (QED) is 0.785. The molecule has 16 heavy (non-hydrogen) atoms. The number of rotatable bonds is 1. The van der Waals surface area contributed by atoms with E-state index in [2.05, 4.69) is 40.9 Å². The Balaban J connectivity index is 0.00000128. The number of hydrogen-bond acceptors (Lipinski definition) is 4. The molecule has 1 aliphatic heterocycles. The second kappa shape index (κ2) is 5.27. The standard InChI is InChI=1S/C12H19N3.H3N/c1-10-5-4-6-12(13-10)15-8-7-14(3)11(2)9-15;/h4-6,11H,7-9H2,1-3H3;1H3/t11-;/m1./s1. The van der Waals surface area contributed by atoms with Crippen LogP contribution in [0.1, 0.15) is 12.6 Å². The highest BCUT2D eigenvalue weighted by molar-refractivity contribution is 5.40. The van der Waals surface area contributed by atoms with Gasteiger partial charge in [0.15, 0.2) is 0 Å². The summed E-state index contributed by atoms with van der Waals surface area (Å²) in [5.74, 6) is 1.12. The number of aryl methyl sites for hydroxylation is 1. The molecule has 0 amide bonds. The predicted molar refractivity (Wildman–Crippen MR) is 68.3 cm³/mol. The normalized spacial score (nSPS) is 21.7. The maximum Gasteiger partial charge on any atom is 0.128 e. The van der Waals surface area contributed by atoms with Crippen LogP contribution >= 0.6 is 0 Å². The zero-order valence-electron chi connectivity index (χ0n) is 10.5. The molecule has 0 spiro atoms. The van der Waals surface area contributed by atoms with Crippen LogP contribution in [0.15, 0.2) is 18.2 Å². The monoisotopic (exact) mass is 222 g/mol. The highest BCUT2D eigenvalue weighted by Gasteiger charge is 2.21. The lowest BCUT2D eigenvalue weighted by atomic mass is 10.2. The number of pyridine rings is 1. The Hall–Kier alpha value is -1.13. The van der Waals surface area contributed by atoms with Crippen LogP contribution in [-0.2, 0) is 0 Å². The minimum absolute atomic E-state index is 0. The minimum atomic E-state index is 0. The van der Waals surface area contributed by atoms with Gasteiger partial charge in [-0.2, -0.15) is 0 Å². The third-order valence-corrected chi connectivity index (χ3v) is 3.16. The number of hydrogen-bond donors (Lipinski definition) is 1. The van der Waals surface area contributed by atoms with Gasteiger partial charge in [-0.05, 0) is 33.0 Å². The highest BCUT2D eigenvalue weighted by Crippen LogP contribution is 2.16. The summed E-state index contributed by atoms with van der Waals surface area (Å²) in [4.78, 5) is 9.33. The van der Waals surface area contributed by atoms with E-state index in [4.69, 9.17) is 0 Å². The number of anilines is 1. The molecule has 0 saturated carbocycles. The van der Waals surface area contributed by atoms with Gasteiger partial charge in [0.05, 0.1) is 0 Å². The molecule has 0 unspecified atom stereocenters. The van der Waals surface area contributed by atoms with Gasteiger partial charge in [0, 0.05) is 31.4 Å². The van der Waals surface area contributed by atoms with Crippen LogP contribution in [0.25, 0.3) is 0 Å². The molecular formula is C12H22N4. The van der Waals surface area contributed by atoms with E-state index in [1.54, 1.807) is 0 Å². The van der Waals surface area contributed by atoms with E-state index in [1.165, 1.54) is 0 Å². The summed E-state index contributed by atoms with van der Waals surface area (Å²) in [6.07, 6.45) is 0. The molecule has 3 N–H and O–H groups in total. The van der Waals surface area contributed by atoms with Gasteiger partial charge in [0.2, 0.25) is 0 Å². The lowest BCUT2D eigenvalue weighted by Crippen LogP contribution is -2.50. The van der Waals surface area contributed by atoms with Crippen molar-refractivity contribution in [1.29, 1.82) is 0 Å². The summed E-state index contributed by atoms with van der Waals surface area (Å²) in [5, 5.41) is 0. The fraction of sp³-hybridized carbons (Fsp3) is 0.583. The van der Waals surface area contributed by atoms with Crippen molar-refractivity contribution in [2.75, 3.05) is 31.6 Å². The summed E-state index contributed by atoms with van der Waals surface area (Å²) in [5.41, 5.74) is 1.10. The van der Waals surface area contributed by atoms with Crippen LogP contribution in [-0.4, -0.2) is 42.6 Å². The summed E-state index contributed by atoms with van der Waals surface area (Å²) < 4.78 is 0. The largest absolute Gasteiger partial charge is 0.354 e. The van der Waals surface area contributed by atoms with Crippen LogP contribution in [0.3, 0.4) is 0 Å². The Bertz CT molecular complexity index is 340. The van der Waals surface area contributed by atoms with Crippen LogP contribution in [0.2, 0.25) is 0 Å². The zero-order chi connectivity index (χ0) is 10.8. The van der Waals surface area contributed by atoms with E-state index in [0.717, 1.165) is 31.1 Å². The lowest BCUT2D eigenvalue weighted by Gasteiger charge is -2.38. The molecular weight excluding hydrogens is 200 g/mol. The Kier molecular flexibility index (Phi) is 4.26. The highest BCUT2D eigenvalue weighted by atomic mass is 15.3. The fourth-order valence-electron chi connectivity index (χ4n) is 1.96. The van der Waals surface area contributed by atoms with Gasteiger partial charge >= 0.3 is 0 Å². The van der Waals surface area contributed by atoms with Crippen molar-refractivity contribution in [3.63, 3.8) is 0 Å². The molecule has 90 valence electrons. The van der Waals surface area contributed by atoms with Gasteiger partial charge < -0.3 is 16.0 Å². The van der Waals surface area contributed by atoms with Crippen molar-refractivity contribution in [3.8, 4) is 0 Å². The maximum absolute atomic E-state index is 4.56. The first-order valence-corrected chi connectivity index (χ1v) is 5.55. The van der Waals surface area contributed by atoms with Crippen LogP contribution in [0, 0.1) is 6.92 Å². The zero-order valence-corrected chi connectivity index (χ0v) is 10.5. The Morgan fingerprint density at radius 2 is 2.06 bits per heavy atom. The predicted octanol–water partition coefficient (Wildman–Crippen LogP) is 1.69. The van der Waals surface area contributed by atoms with Crippen molar-refractivity contribution in [2.24, 2.45) is 0 Å². The van der Waals surface area contributed by atoms with Gasteiger partial charge in [-0.3, -0.25) is 0 Å². The minimum Gasteiger partial charge on any atom is -0.354 e. The Morgan fingerprint density at radius 1 is 1.31 bits per heavy atom. The van der Waals surface area contributed by atoms with E-state index < -0.39 is 0 Å². The summed E-state index contributed by atoms with van der Waals surface area (Å²) >= 11 is 0. The van der Waals surface area contributed by atoms with Crippen molar-refractivity contribution in [3.05, 3.63) is 23.9 Å². The number of nitrogens with zero attached hydrogens (tertiary/aromatic N) is 3. The number of piperazine rings is 1. The van der Waals surface area contributed by atoms with Gasteiger partial charge in [0.1, 0.15) is 5.82 Å². The van der Waals surface area contributed by atoms with Crippen molar-refractivity contribution < 1.29 is 0 Å². The third-order valence-electron chi connectivity index (χ3n) is 3.16. The number of likely N-dealkylation sites (N-methyl/N-ethyl adjacent to an activating group) is 1. The van der Waals surface area contributed by atoms with Gasteiger partial charge in [0.25, 0.3) is 0 Å². The molecule has 2 rings (SSSR count). The Labute approximate surface area is 97.9 Å². The first kappa shape index (κ1) is 12.9. The second-order valence-corrected chi connectivity index (χ2v) is 4.41. The molecule has 0 aromatic carbocycles. The first-order valence-electron chi connectivity index (χ1n) is 5.55. The molecule has 0 bridgehead atoms. The molecule has 4 nitrogen and oxygen atoms in total. The van der Waals surface area contributed by atoms with Crippen LogP contribution in [0.5, 0.6) is 0 Å². The molecule has 1 saturated heterocycles. The summed E-state index contributed by atoms with van der Waals surface area (Å²) in [6, 6.07) is 6.84. The molecule has 4 heteroatoms. The first-order chi connectivity index (χ1) is 7.16. The topological polar surface area (TPSA) is 54.4 Å². The van der Waals surface area contributed by atoms with Crippen molar-refractivity contribution in [2.45, 2.75) is 19.9 Å². The fourth-order valence-corrected chi connectivity index (χ4v) is 1.96. The Morgan fingerprint density at radius 3 is 2.69 bits per heavy atom. The molecule has 1 aromatic heterocycles. The van der Waals surface area contributed by atoms with Gasteiger partial charge in [-0.25, -0.2) is 4.98 Å². The number of aromatic nitrogens is 1. The molecule has 1 atom stereocenters. The SMILES string of the molecule is Cc1cccc(N2CCN(C)[C@H](C)C2)n1.N. The molecule has 1 fully saturated rings. The summed E-state index contributed by atoms with van der Waals surface area (Å²) in [7, 11) is 2.19. The smallest absolute Gasteiger partial charge is 0.128 e. The van der Waals surface area contributed by atoms with E-state index >= 15 is 0 Å². The van der Waals surface area contributed by atoms with E-state index in [1.807, 2.05) is 13.0 Å². The van der Waals surface area contributed by atoms with Gasteiger partial charge in [-0.15, -0.1) is 0 Å². The molecule has 0 aliphatic carbocycles. The van der Waals surface area contributed by atoms with E-state index in [9.17, 15) is 0 Å². The second-order valence-electron chi connectivity index (χ2n) is 4.41. The average molecular weight is 222 g/mol. The maximum atomic E-state index is 4.56. The van der Waals surface area contributed by atoms with Crippen LogP contribution < -0.4 is 11.1 Å².